The maximum absolute atomic E-state index is 12.1. The van der Waals surface area contributed by atoms with Crippen molar-refractivity contribution in [1.29, 1.82) is 5.26 Å². The van der Waals surface area contributed by atoms with Gasteiger partial charge in [0, 0.05) is 19.3 Å². The van der Waals surface area contributed by atoms with Crippen molar-refractivity contribution in [3.63, 3.8) is 0 Å². The van der Waals surface area contributed by atoms with E-state index in [0.717, 1.165) is 0 Å². The van der Waals surface area contributed by atoms with Gasteiger partial charge in [0.05, 0.1) is 17.5 Å². The summed E-state index contributed by atoms with van der Waals surface area (Å²) in [7, 11) is 0. The number of rotatable bonds is 6. The number of carbonyl (C=O) groups is 1. The molecule has 0 bridgehead atoms. The minimum atomic E-state index is -0.499. The molecular weight excluding hydrogens is 334 g/mol. The first-order valence-corrected chi connectivity index (χ1v) is 7.83. The quantitative estimate of drug-likeness (QED) is 0.582. The van der Waals surface area contributed by atoms with Crippen LogP contribution in [0.15, 0.2) is 58.1 Å². The Kier molecular flexibility index (Phi) is 5.10. The molecule has 0 aliphatic rings. The van der Waals surface area contributed by atoms with Crippen LogP contribution in [0.1, 0.15) is 15.9 Å². The van der Waals surface area contributed by atoms with Crippen LogP contribution >= 0.6 is 0 Å². The van der Waals surface area contributed by atoms with Gasteiger partial charge in [-0.25, -0.2) is 4.98 Å². The smallest absolute Gasteiger partial charge is 0.261 e. The highest BCUT2D eigenvalue weighted by Crippen LogP contribution is 2.15. The van der Waals surface area contributed by atoms with Crippen LogP contribution in [0.25, 0.3) is 11.5 Å². The maximum Gasteiger partial charge on any atom is 0.261 e. The second-order valence-corrected chi connectivity index (χ2v) is 5.29. The van der Waals surface area contributed by atoms with E-state index in [-0.39, 0.29) is 12.1 Å². The number of H-pyrrole nitrogens is 1. The van der Waals surface area contributed by atoms with Crippen molar-refractivity contribution in [2.75, 3.05) is 18.4 Å². The van der Waals surface area contributed by atoms with Crippen LogP contribution < -0.4 is 16.2 Å². The second kappa shape index (κ2) is 7.81. The average Bonchev–Trinajstić information content (AvgIpc) is 3.20. The molecule has 0 atom stereocenters. The lowest BCUT2D eigenvalue weighted by atomic mass is 10.2. The number of aromatic amines is 1. The molecule has 3 N–H and O–H groups in total. The summed E-state index contributed by atoms with van der Waals surface area (Å²) in [5.41, 5.74) is 0.429. The molecule has 8 heteroatoms. The SMILES string of the molecule is N#Cc1cccnc1NCCNC(=O)c1ccc(-c2ccco2)[nH]c1=O. The fraction of sp³-hybridized carbons (Fsp3) is 0.111. The summed E-state index contributed by atoms with van der Waals surface area (Å²) in [6.07, 6.45) is 3.07. The van der Waals surface area contributed by atoms with Gasteiger partial charge < -0.3 is 20.0 Å². The van der Waals surface area contributed by atoms with E-state index in [1.807, 2.05) is 6.07 Å². The third-order valence-corrected chi connectivity index (χ3v) is 3.57. The lowest BCUT2D eigenvalue weighted by Gasteiger charge is -2.08. The predicted molar refractivity (Wildman–Crippen MR) is 94.5 cm³/mol. The standard InChI is InChI=1S/C18H15N5O3/c19-11-12-3-1-7-20-16(12)21-8-9-22-17(24)13-5-6-14(23-18(13)25)15-4-2-10-26-15/h1-7,10H,8-9H2,(H,20,21)(H,22,24)(H,23,25). The van der Waals surface area contributed by atoms with Crippen LogP contribution in [-0.4, -0.2) is 29.0 Å². The second-order valence-electron chi connectivity index (χ2n) is 5.29. The van der Waals surface area contributed by atoms with Crippen molar-refractivity contribution >= 4 is 11.7 Å². The van der Waals surface area contributed by atoms with Crippen molar-refractivity contribution in [1.82, 2.24) is 15.3 Å². The largest absolute Gasteiger partial charge is 0.463 e. The van der Waals surface area contributed by atoms with Gasteiger partial charge in [-0.15, -0.1) is 0 Å². The number of nitriles is 1. The van der Waals surface area contributed by atoms with Crippen molar-refractivity contribution in [2.45, 2.75) is 0 Å². The Morgan fingerprint density at radius 3 is 2.85 bits per heavy atom. The molecule has 3 aromatic rings. The summed E-state index contributed by atoms with van der Waals surface area (Å²) < 4.78 is 5.21. The Morgan fingerprint density at radius 1 is 1.23 bits per heavy atom. The summed E-state index contributed by atoms with van der Waals surface area (Å²) >= 11 is 0. The Balaban J connectivity index is 1.57. The van der Waals surface area contributed by atoms with Crippen molar-refractivity contribution in [2.24, 2.45) is 0 Å². The summed E-state index contributed by atoms with van der Waals surface area (Å²) in [5, 5.41) is 14.6. The van der Waals surface area contributed by atoms with Gasteiger partial charge in [0.15, 0.2) is 0 Å². The lowest BCUT2D eigenvalue weighted by molar-refractivity contribution is 0.0953. The highest BCUT2D eigenvalue weighted by molar-refractivity contribution is 5.94. The van der Waals surface area contributed by atoms with Crippen molar-refractivity contribution in [3.8, 4) is 17.5 Å². The molecule has 0 aliphatic heterocycles. The fourth-order valence-electron chi connectivity index (χ4n) is 2.32. The monoisotopic (exact) mass is 349 g/mol. The number of amides is 1. The highest BCUT2D eigenvalue weighted by Gasteiger charge is 2.12. The zero-order valence-corrected chi connectivity index (χ0v) is 13.7. The van der Waals surface area contributed by atoms with Gasteiger partial charge in [-0.2, -0.15) is 5.26 Å². The molecule has 0 aromatic carbocycles. The number of pyridine rings is 2. The fourth-order valence-corrected chi connectivity index (χ4v) is 2.32. The minimum Gasteiger partial charge on any atom is -0.463 e. The topological polar surface area (TPSA) is 124 Å². The van der Waals surface area contributed by atoms with Gasteiger partial charge in [0.25, 0.3) is 11.5 Å². The molecule has 1 amide bonds. The van der Waals surface area contributed by atoms with Gasteiger partial charge in [-0.3, -0.25) is 9.59 Å². The molecule has 0 saturated heterocycles. The zero-order valence-electron chi connectivity index (χ0n) is 13.7. The number of nitrogens with one attached hydrogen (secondary N) is 3. The van der Waals surface area contributed by atoms with Crippen LogP contribution in [-0.2, 0) is 0 Å². The number of anilines is 1. The number of hydrogen-bond donors (Lipinski definition) is 3. The van der Waals surface area contributed by atoms with Crippen molar-refractivity contribution < 1.29 is 9.21 Å². The molecule has 0 aliphatic carbocycles. The Labute approximate surface area is 148 Å². The first kappa shape index (κ1) is 17.0. The summed E-state index contributed by atoms with van der Waals surface area (Å²) in [4.78, 5) is 30.9. The summed E-state index contributed by atoms with van der Waals surface area (Å²) in [5.74, 6) is 0.479. The average molecular weight is 349 g/mol. The molecule has 3 rings (SSSR count). The van der Waals surface area contributed by atoms with E-state index in [2.05, 4.69) is 20.6 Å². The molecule has 3 heterocycles. The molecule has 3 aromatic heterocycles. The van der Waals surface area contributed by atoms with E-state index in [0.29, 0.717) is 29.4 Å². The number of aromatic nitrogens is 2. The molecule has 0 unspecified atom stereocenters. The maximum atomic E-state index is 12.1. The minimum absolute atomic E-state index is 0.0101. The normalized spacial score (nSPS) is 10.1. The third kappa shape index (κ3) is 3.79. The Bertz CT molecular complexity index is 1000. The molecule has 0 saturated carbocycles. The first-order valence-electron chi connectivity index (χ1n) is 7.83. The molecular formula is C18H15N5O3. The number of nitrogens with zero attached hydrogens (tertiary/aromatic N) is 2. The lowest BCUT2D eigenvalue weighted by Crippen LogP contribution is -2.33. The molecule has 8 nitrogen and oxygen atoms in total. The number of furan rings is 1. The summed E-state index contributed by atoms with van der Waals surface area (Å²) in [6.45, 7) is 0.624. The van der Waals surface area contributed by atoms with Gasteiger partial charge in [0.1, 0.15) is 23.2 Å². The van der Waals surface area contributed by atoms with Gasteiger partial charge in [0.2, 0.25) is 0 Å². The van der Waals surface area contributed by atoms with Gasteiger partial charge >= 0.3 is 0 Å². The van der Waals surface area contributed by atoms with Crippen LogP contribution in [0.5, 0.6) is 0 Å². The Morgan fingerprint density at radius 2 is 2.12 bits per heavy atom. The number of hydrogen-bond acceptors (Lipinski definition) is 6. The molecule has 0 spiro atoms. The predicted octanol–water partition coefficient (Wildman–Crippen LogP) is 1.74. The van der Waals surface area contributed by atoms with E-state index in [1.54, 1.807) is 36.5 Å². The van der Waals surface area contributed by atoms with Gasteiger partial charge in [-0.05, 0) is 36.4 Å². The van der Waals surface area contributed by atoms with Crippen LogP contribution in [0.3, 0.4) is 0 Å². The Hall–Kier alpha value is -3.86. The molecule has 0 fully saturated rings. The first-order chi connectivity index (χ1) is 12.7. The molecule has 26 heavy (non-hydrogen) atoms. The van der Waals surface area contributed by atoms with E-state index in [1.165, 1.54) is 12.3 Å². The summed E-state index contributed by atoms with van der Waals surface area (Å²) in [6, 6.07) is 11.8. The van der Waals surface area contributed by atoms with Crippen LogP contribution in [0.2, 0.25) is 0 Å². The highest BCUT2D eigenvalue weighted by atomic mass is 16.3. The third-order valence-electron chi connectivity index (χ3n) is 3.57. The number of carbonyl (C=O) groups excluding carboxylic acids is 1. The van der Waals surface area contributed by atoms with E-state index in [9.17, 15) is 9.59 Å². The van der Waals surface area contributed by atoms with Gasteiger partial charge in [-0.1, -0.05) is 0 Å². The van der Waals surface area contributed by atoms with E-state index >= 15 is 0 Å². The zero-order chi connectivity index (χ0) is 18.4. The van der Waals surface area contributed by atoms with E-state index in [4.69, 9.17) is 9.68 Å². The molecule has 130 valence electrons. The molecule has 0 radical (unpaired) electrons. The van der Waals surface area contributed by atoms with Crippen LogP contribution in [0.4, 0.5) is 5.82 Å². The van der Waals surface area contributed by atoms with E-state index < -0.39 is 11.5 Å². The van der Waals surface area contributed by atoms with Crippen LogP contribution in [0, 0.1) is 11.3 Å². The van der Waals surface area contributed by atoms with Crippen molar-refractivity contribution in [3.05, 3.63) is 70.3 Å².